The van der Waals surface area contributed by atoms with Gasteiger partial charge in [-0.3, -0.25) is 4.79 Å². The Morgan fingerprint density at radius 3 is 0.977 bits per heavy atom. The molecule has 0 aliphatic heterocycles. The first-order chi connectivity index (χ1) is 10.7. The number of rotatable bonds is 14. The third kappa shape index (κ3) is 92.2. The number of carboxylic acids is 1. The maximum absolute atomic E-state index is 10.5. The van der Waals surface area contributed by atoms with Gasteiger partial charge in [0.1, 0.15) is 0 Å². The van der Waals surface area contributed by atoms with Gasteiger partial charge in [-0.2, -0.15) is 0 Å². The lowest BCUT2D eigenvalue weighted by Crippen LogP contribution is -2.08. The van der Waals surface area contributed by atoms with Gasteiger partial charge in [0.25, 0.3) is 0 Å². The van der Waals surface area contributed by atoms with Crippen LogP contribution in [0.4, 0.5) is 0 Å². The van der Waals surface area contributed by atoms with Crippen LogP contribution >= 0.6 is 0 Å². The van der Waals surface area contributed by atoms with Crippen molar-refractivity contribution in [2.45, 2.75) is 266 Å². The van der Waals surface area contributed by atoms with Crippen molar-refractivity contribution < 1.29 is 9.90 Å². The normalized spacial score (nSPS) is 10.9. The fourth-order valence-electron chi connectivity index (χ4n) is 4.10. The standard InChI is InChI=1S/C20H38O2.21CH4/c1-2-3-4-5-6-9-13-18-15-12-16-19(18)14-10-7-8-11-17-20(21)22;;;;;;;;;;;;;;;;;;;;;/h18-19H,2-17H2,1H3,(H,21,22);21*1H4/t18?,19-;;;;;;;;;;;;;;;;;;;;;/m0...................../s1. The summed E-state index contributed by atoms with van der Waals surface area (Å²) >= 11 is 0. The Kier molecular flexibility index (Phi) is 418. The van der Waals surface area contributed by atoms with Crippen molar-refractivity contribution in [3.8, 4) is 0 Å². The fourth-order valence-corrected chi connectivity index (χ4v) is 4.10. The topological polar surface area (TPSA) is 37.3 Å². The summed E-state index contributed by atoms with van der Waals surface area (Å²) in [5.74, 6) is 1.34. The molecule has 2 nitrogen and oxygen atoms in total. The highest BCUT2D eigenvalue weighted by molar-refractivity contribution is 5.66. The van der Waals surface area contributed by atoms with Crippen molar-refractivity contribution in [2.75, 3.05) is 0 Å². The van der Waals surface area contributed by atoms with Gasteiger partial charge >= 0.3 is 5.97 Å². The van der Waals surface area contributed by atoms with E-state index < -0.39 is 5.97 Å². The Hall–Kier alpha value is -0.530. The Bertz CT molecular complexity index is 277. The van der Waals surface area contributed by atoms with E-state index in [0.717, 1.165) is 24.7 Å². The van der Waals surface area contributed by atoms with Crippen molar-refractivity contribution in [3.63, 3.8) is 0 Å². The second-order valence-electron chi connectivity index (χ2n) is 7.35. The van der Waals surface area contributed by atoms with Crippen LogP contribution in [0.2, 0.25) is 0 Å². The molecule has 1 N–H and O–H groups in total. The molecule has 2 atom stereocenters. The number of unbranched alkanes of at least 4 members (excludes halogenated alkanes) is 8. The van der Waals surface area contributed by atoms with Crippen molar-refractivity contribution >= 4 is 5.97 Å². The smallest absolute Gasteiger partial charge is 0.303 e. The molecular weight excluding hydrogens is 524 g/mol. The Balaban J connectivity index is -0.0000000121. The molecule has 1 fully saturated rings. The molecule has 1 aliphatic rings. The molecule has 0 radical (unpaired) electrons. The van der Waals surface area contributed by atoms with Crippen molar-refractivity contribution in [2.24, 2.45) is 11.8 Å². The zero-order valence-corrected chi connectivity index (χ0v) is 14.8. The molecule has 1 unspecified atom stereocenters. The molecule has 0 aromatic carbocycles. The highest BCUT2D eigenvalue weighted by atomic mass is 16.4. The van der Waals surface area contributed by atoms with Crippen LogP contribution in [0.15, 0.2) is 0 Å². The zero-order chi connectivity index (χ0) is 16.0. The van der Waals surface area contributed by atoms with E-state index in [-0.39, 0.29) is 156 Å². The molecule has 1 aliphatic carbocycles. The summed E-state index contributed by atoms with van der Waals surface area (Å²) in [6.45, 7) is 2.28. The molecule has 0 aromatic heterocycles. The van der Waals surface area contributed by atoms with Gasteiger partial charge in [-0.25, -0.2) is 0 Å². The molecule has 0 saturated heterocycles. The first-order valence-corrected chi connectivity index (χ1v) is 9.95. The van der Waals surface area contributed by atoms with E-state index in [1.165, 1.54) is 83.5 Å². The molecule has 298 valence electrons. The largest absolute Gasteiger partial charge is 0.481 e. The molecule has 2 heteroatoms. The van der Waals surface area contributed by atoms with E-state index in [4.69, 9.17) is 5.11 Å². The highest BCUT2D eigenvalue weighted by Crippen LogP contribution is 2.38. The van der Waals surface area contributed by atoms with Crippen molar-refractivity contribution in [3.05, 3.63) is 0 Å². The molecular formula is C41H122O2. The van der Waals surface area contributed by atoms with Gasteiger partial charge in [0, 0.05) is 6.42 Å². The second-order valence-corrected chi connectivity index (χ2v) is 7.35. The first kappa shape index (κ1) is 158. The number of aliphatic carboxylic acids is 1. The Labute approximate surface area is 292 Å². The summed E-state index contributed by atoms with van der Waals surface area (Å²) in [5.41, 5.74) is 0. The maximum atomic E-state index is 10.5. The maximum Gasteiger partial charge on any atom is 0.303 e. The summed E-state index contributed by atoms with van der Waals surface area (Å²) in [5, 5.41) is 8.63. The molecule has 0 bridgehead atoms. The van der Waals surface area contributed by atoms with Crippen LogP contribution in [0.25, 0.3) is 0 Å². The van der Waals surface area contributed by atoms with Crippen LogP contribution in [0.1, 0.15) is 266 Å². The van der Waals surface area contributed by atoms with E-state index in [9.17, 15) is 4.79 Å². The van der Waals surface area contributed by atoms with Crippen LogP contribution in [-0.4, -0.2) is 11.1 Å². The van der Waals surface area contributed by atoms with E-state index >= 15 is 0 Å². The van der Waals surface area contributed by atoms with Gasteiger partial charge < -0.3 is 5.11 Å². The van der Waals surface area contributed by atoms with Gasteiger partial charge in [0.05, 0.1) is 0 Å². The molecule has 0 aromatic rings. The minimum atomic E-state index is -0.644. The number of carboxylic acid groups (broad SMARTS) is 1. The molecule has 1 saturated carbocycles. The lowest BCUT2D eigenvalue weighted by Gasteiger charge is -2.19. The predicted octanol–water partition coefficient (Wildman–Crippen LogP) is 19.9. The van der Waals surface area contributed by atoms with Gasteiger partial charge in [-0.05, 0) is 18.3 Å². The van der Waals surface area contributed by atoms with Crippen molar-refractivity contribution in [1.29, 1.82) is 0 Å². The summed E-state index contributed by atoms with van der Waals surface area (Å²) in [4.78, 5) is 10.5. The van der Waals surface area contributed by atoms with Gasteiger partial charge in [0.15, 0.2) is 0 Å². The van der Waals surface area contributed by atoms with Gasteiger partial charge in [0.2, 0.25) is 0 Å². The second kappa shape index (κ2) is 113. The molecule has 0 spiro atoms. The third-order valence-corrected chi connectivity index (χ3v) is 5.46. The summed E-state index contributed by atoms with van der Waals surface area (Å²) in [6, 6.07) is 0. The highest BCUT2D eigenvalue weighted by Gasteiger charge is 2.25. The Morgan fingerprint density at radius 1 is 0.442 bits per heavy atom. The average molecular weight is 647 g/mol. The van der Waals surface area contributed by atoms with Crippen LogP contribution in [-0.2, 0) is 4.79 Å². The Morgan fingerprint density at radius 2 is 0.698 bits per heavy atom. The average Bonchev–Trinajstić information content (AvgIpc) is 2.93. The van der Waals surface area contributed by atoms with Crippen LogP contribution < -0.4 is 0 Å². The fraction of sp³-hybridized carbons (Fsp3) is 0.976. The van der Waals surface area contributed by atoms with E-state index in [2.05, 4.69) is 6.92 Å². The number of hydrogen-bond acceptors (Lipinski definition) is 1. The minimum absolute atomic E-state index is 0. The van der Waals surface area contributed by atoms with E-state index in [1.54, 1.807) is 0 Å². The molecule has 43 heavy (non-hydrogen) atoms. The third-order valence-electron chi connectivity index (χ3n) is 5.46. The lowest BCUT2D eigenvalue weighted by molar-refractivity contribution is -0.137. The summed E-state index contributed by atoms with van der Waals surface area (Å²) in [7, 11) is 0. The van der Waals surface area contributed by atoms with Crippen LogP contribution in [0.3, 0.4) is 0 Å². The van der Waals surface area contributed by atoms with Gasteiger partial charge in [-0.15, -0.1) is 0 Å². The quantitative estimate of drug-likeness (QED) is 0.191. The molecule has 0 heterocycles. The molecule has 1 rings (SSSR count). The lowest BCUT2D eigenvalue weighted by atomic mass is 9.86. The SMILES string of the molecule is C.C.C.C.C.C.C.C.C.C.C.C.C.C.C.C.C.C.C.C.C.CCCCCCCCC1CCC[C@@H]1CCCCCCC(=O)O. The van der Waals surface area contributed by atoms with E-state index in [0.29, 0.717) is 6.42 Å². The van der Waals surface area contributed by atoms with Gasteiger partial charge in [-0.1, -0.05) is 253 Å². The predicted molar refractivity (Wildman–Crippen MR) is 236 cm³/mol. The van der Waals surface area contributed by atoms with E-state index in [1.807, 2.05) is 0 Å². The number of hydrogen-bond donors (Lipinski definition) is 1. The minimum Gasteiger partial charge on any atom is -0.481 e. The first-order valence-electron chi connectivity index (χ1n) is 9.95. The zero-order valence-electron chi connectivity index (χ0n) is 14.8. The molecule has 0 amide bonds. The monoisotopic (exact) mass is 647 g/mol. The number of carbonyl (C=O) groups is 1. The van der Waals surface area contributed by atoms with Crippen LogP contribution in [0, 0.1) is 11.8 Å². The summed E-state index contributed by atoms with van der Waals surface area (Å²) < 4.78 is 0. The summed E-state index contributed by atoms with van der Waals surface area (Å²) in [6.07, 6.45) is 20.6. The van der Waals surface area contributed by atoms with Crippen LogP contribution in [0.5, 0.6) is 0 Å². The van der Waals surface area contributed by atoms with Crippen molar-refractivity contribution in [1.82, 2.24) is 0 Å².